The van der Waals surface area contributed by atoms with Crippen molar-refractivity contribution in [1.82, 2.24) is 0 Å². The Morgan fingerprint density at radius 3 is 1.71 bits per heavy atom. The monoisotopic (exact) mass is 318 g/mol. The Labute approximate surface area is 102 Å². The van der Waals surface area contributed by atoms with Crippen LogP contribution in [0, 0.1) is 3.57 Å². The van der Waals surface area contributed by atoms with Crippen LogP contribution in [0.25, 0.3) is 0 Å². The molecule has 0 saturated heterocycles. The van der Waals surface area contributed by atoms with E-state index in [0.717, 1.165) is 0 Å². The molecule has 0 aliphatic heterocycles. The number of hydrogen-bond donors (Lipinski definition) is 0. The molecule has 0 aromatic heterocycles. The van der Waals surface area contributed by atoms with Gasteiger partial charge < -0.3 is 0 Å². The van der Waals surface area contributed by atoms with Crippen molar-refractivity contribution < 1.29 is 0 Å². The van der Waals surface area contributed by atoms with Crippen LogP contribution >= 0.6 is 22.6 Å². The van der Waals surface area contributed by atoms with Crippen LogP contribution in [0.1, 0.15) is 20.8 Å². The lowest BCUT2D eigenvalue weighted by Crippen LogP contribution is -2.45. The summed E-state index contributed by atoms with van der Waals surface area (Å²) in [6, 6.07) is 13.3. The third-order valence-corrected chi connectivity index (χ3v) is 9.82. The van der Waals surface area contributed by atoms with E-state index in [1.54, 1.807) is 5.19 Å². The zero-order valence-electron chi connectivity index (χ0n) is 9.31. The summed E-state index contributed by atoms with van der Waals surface area (Å²) < 4.78 is 1.34. The Morgan fingerprint density at radius 2 is 1.36 bits per heavy atom. The Hall–Kier alpha value is 0.167. The third-order valence-electron chi connectivity index (χ3n) is 3.49. The van der Waals surface area contributed by atoms with Crippen molar-refractivity contribution >= 4 is 35.9 Å². The lowest BCUT2D eigenvalue weighted by molar-refractivity contribution is 1.19. The Kier molecular flexibility index (Phi) is 4.64. The molecule has 0 nitrogen and oxygen atoms in total. The standard InChI is InChI=1S/C12H19ISi/c1-4-14(5-2,6-3)12-9-7-11(13)8-10-12/h7-10H,4-6H2,1-3H3. The van der Waals surface area contributed by atoms with Gasteiger partial charge in [0.2, 0.25) is 0 Å². The summed E-state index contributed by atoms with van der Waals surface area (Å²) in [5.74, 6) is 0. The number of halogens is 1. The molecule has 14 heavy (non-hydrogen) atoms. The van der Waals surface area contributed by atoms with E-state index in [9.17, 15) is 0 Å². The largest absolute Gasteiger partial charge is 0.0859 e. The molecule has 0 atom stereocenters. The summed E-state index contributed by atoms with van der Waals surface area (Å²) in [5.41, 5.74) is 0. The molecule has 0 fully saturated rings. The third kappa shape index (κ3) is 2.40. The van der Waals surface area contributed by atoms with Gasteiger partial charge in [0.25, 0.3) is 0 Å². The Balaban J connectivity index is 3.05. The van der Waals surface area contributed by atoms with Gasteiger partial charge in [0, 0.05) is 3.57 Å². The molecule has 0 spiro atoms. The first-order chi connectivity index (χ1) is 6.68. The second-order valence-corrected chi connectivity index (χ2v) is 10.4. The average molecular weight is 318 g/mol. The summed E-state index contributed by atoms with van der Waals surface area (Å²) in [6.45, 7) is 7.07. The van der Waals surface area contributed by atoms with E-state index in [-0.39, 0.29) is 0 Å². The van der Waals surface area contributed by atoms with Crippen molar-refractivity contribution in [2.45, 2.75) is 38.9 Å². The highest BCUT2D eigenvalue weighted by Gasteiger charge is 2.28. The van der Waals surface area contributed by atoms with Crippen molar-refractivity contribution in [3.05, 3.63) is 27.8 Å². The first kappa shape index (κ1) is 12.2. The van der Waals surface area contributed by atoms with Crippen LogP contribution in [0.2, 0.25) is 18.1 Å². The van der Waals surface area contributed by atoms with E-state index in [2.05, 4.69) is 67.6 Å². The second kappa shape index (κ2) is 5.31. The fraction of sp³-hybridized carbons (Fsp3) is 0.500. The van der Waals surface area contributed by atoms with Gasteiger partial charge in [-0.25, -0.2) is 0 Å². The molecule has 0 aliphatic rings. The molecule has 1 aromatic rings. The highest BCUT2D eigenvalue weighted by molar-refractivity contribution is 14.1. The molecule has 0 N–H and O–H groups in total. The molecule has 0 radical (unpaired) electrons. The fourth-order valence-electron chi connectivity index (χ4n) is 2.17. The van der Waals surface area contributed by atoms with Crippen LogP contribution in [-0.2, 0) is 0 Å². The molecule has 0 heterocycles. The maximum absolute atomic E-state index is 2.38. The first-order valence-corrected chi connectivity index (χ1v) is 9.14. The normalized spacial score (nSPS) is 11.7. The summed E-state index contributed by atoms with van der Waals surface area (Å²) >= 11 is 2.38. The first-order valence-electron chi connectivity index (χ1n) is 5.44. The van der Waals surface area contributed by atoms with Gasteiger partial charge in [0.1, 0.15) is 0 Å². The lowest BCUT2D eigenvalue weighted by atomic mass is 10.4. The van der Waals surface area contributed by atoms with Crippen molar-refractivity contribution in [1.29, 1.82) is 0 Å². The maximum Gasteiger partial charge on any atom is 0.0859 e. The van der Waals surface area contributed by atoms with Gasteiger partial charge in [0.15, 0.2) is 0 Å². The smallest absolute Gasteiger partial charge is 0.0675 e. The quantitative estimate of drug-likeness (QED) is 0.581. The molecule has 0 unspecified atom stereocenters. The Bertz CT molecular complexity index is 267. The molecular weight excluding hydrogens is 299 g/mol. The summed E-state index contributed by atoms with van der Waals surface area (Å²) in [4.78, 5) is 0. The summed E-state index contributed by atoms with van der Waals surface area (Å²) in [6.07, 6.45) is 0. The minimum absolute atomic E-state index is 1.12. The van der Waals surface area contributed by atoms with Crippen LogP contribution in [0.4, 0.5) is 0 Å². The lowest BCUT2D eigenvalue weighted by Gasteiger charge is -2.28. The molecule has 0 amide bonds. The Morgan fingerprint density at radius 1 is 0.929 bits per heavy atom. The minimum atomic E-state index is -1.12. The molecular formula is C12H19ISi. The topological polar surface area (TPSA) is 0 Å². The van der Waals surface area contributed by atoms with E-state index in [0.29, 0.717) is 0 Å². The van der Waals surface area contributed by atoms with Crippen molar-refractivity contribution in [2.75, 3.05) is 0 Å². The predicted octanol–water partition coefficient (Wildman–Crippen LogP) is 4.01. The van der Waals surface area contributed by atoms with E-state index < -0.39 is 8.07 Å². The van der Waals surface area contributed by atoms with Gasteiger partial charge in [-0.2, -0.15) is 0 Å². The molecule has 1 aromatic carbocycles. The molecule has 0 bridgehead atoms. The second-order valence-electron chi connectivity index (χ2n) is 3.85. The number of rotatable bonds is 4. The van der Waals surface area contributed by atoms with Crippen LogP contribution < -0.4 is 5.19 Å². The van der Waals surface area contributed by atoms with Crippen LogP contribution in [-0.4, -0.2) is 8.07 Å². The summed E-state index contributed by atoms with van der Waals surface area (Å²) in [5, 5.41) is 1.64. The zero-order chi connectivity index (χ0) is 10.6. The van der Waals surface area contributed by atoms with E-state index >= 15 is 0 Å². The number of benzene rings is 1. The molecule has 1 rings (SSSR count). The van der Waals surface area contributed by atoms with Crippen LogP contribution in [0.15, 0.2) is 24.3 Å². The van der Waals surface area contributed by atoms with E-state index in [1.165, 1.54) is 21.7 Å². The van der Waals surface area contributed by atoms with Crippen LogP contribution in [0.3, 0.4) is 0 Å². The zero-order valence-corrected chi connectivity index (χ0v) is 12.5. The van der Waals surface area contributed by atoms with Crippen LogP contribution in [0.5, 0.6) is 0 Å². The van der Waals surface area contributed by atoms with Gasteiger partial charge in [0.05, 0.1) is 8.07 Å². The average Bonchev–Trinajstić information content (AvgIpc) is 2.24. The predicted molar refractivity (Wildman–Crippen MR) is 76.0 cm³/mol. The minimum Gasteiger partial charge on any atom is -0.0675 e. The van der Waals surface area contributed by atoms with Crippen molar-refractivity contribution in [3.8, 4) is 0 Å². The fourth-order valence-corrected chi connectivity index (χ4v) is 6.12. The van der Waals surface area contributed by atoms with Crippen molar-refractivity contribution in [3.63, 3.8) is 0 Å². The molecule has 0 aliphatic carbocycles. The van der Waals surface area contributed by atoms with Crippen molar-refractivity contribution in [2.24, 2.45) is 0 Å². The summed E-state index contributed by atoms with van der Waals surface area (Å²) in [7, 11) is -1.12. The molecule has 2 heteroatoms. The van der Waals surface area contributed by atoms with Gasteiger partial charge in [-0.05, 0) is 34.7 Å². The van der Waals surface area contributed by atoms with Gasteiger partial charge >= 0.3 is 0 Å². The molecule has 0 saturated carbocycles. The van der Waals surface area contributed by atoms with Gasteiger partial charge in [-0.1, -0.05) is 56.2 Å². The number of hydrogen-bond acceptors (Lipinski definition) is 0. The highest BCUT2D eigenvalue weighted by atomic mass is 127. The highest BCUT2D eigenvalue weighted by Crippen LogP contribution is 2.20. The maximum atomic E-state index is 2.38. The van der Waals surface area contributed by atoms with Gasteiger partial charge in [-0.3, -0.25) is 0 Å². The SMILES string of the molecule is CC[Si](CC)(CC)c1ccc(I)cc1. The molecule has 78 valence electrons. The van der Waals surface area contributed by atoms with Gasteiger partial charge in [-0.15, -0.1) is 0 Å². The van der Waals surface area contributed by atoms with E-state index in [1.807, 2.05) is 0 Å². The van der Waals surface area contributed by atoms with E-state index in [4.69, 9.17) is 0 Å².